The SMILES string of the molecule is NC(Cc1ccc(O)c(O)c1[N+](=O)[O-])C(=O)O. The van der Waals surface area contributed by atoms with Gasteiger partial charge < -0.3 is 21.1 Å². The standard InChI is InChI=1S/C9H10N2O6/c10-5(9(14)15)3-4-1-2-6(12)8(13)7(4)11(16)17/h1-2,5,12-13H,3,10H2,(H,14,15). The Morgan fingerprint density at radius 2 is 2.06 bits per heavy atom. The number of hydrogen-bond acceptors (Lipinski definition) is 6. The summed E-state index contributed by atoms with van der Waals surface area (Å²) in [6, 6.07) is 0.861. The summed E-state index contributed by atoms with van der Waals surface area (Å²) < 4.78 is 0. The first-order chi connectivity index (χ1) is 7.84. The zero-order chi connectivity index (χ0) is 13.2. The van der Waals surface area contributed by atoms with Gasteiger partial charge in [0.05, 0.1) is 4.92 Å². The molecule has 17 heavy (non-hydrogen) atoms. The van der Waals surface area contributed by atoms with Crippen molar-refractivity contribution in [3.05, 3.63) is 27.8 Å². The predicted octanol–water partition coefficient (Wildman–Crippen LogP) is -0.0396. The number of rotatable bonds is 4. The van der Waals surface area contributed by atoms with Crippen LogP contribution in [0.2, 0.25) is 0 Å². The molecule has 0 amide bonds. The molecule has 1 unspecified atom stereocenters. The third-order valence-corrected chi connectivity index (χ3v) is 2.15. The van der Waals surface area contributed by atoms with E-state index in [1.165, 1.54) is 0 Å². The zero-order valence-electron chi connectivity index (χ0n) is 8.53. The van der Waals surface area contributed by atoms with Crippen LogP contribution in [0.25, 0.3) is 0 Å². The lowest BCUT2D eigenvalue weighted by Gasteiger charge is -2.08. The Bertz CT molecular complexity index is 473. The molecule has 0 bridgehead atoms. The van der Waals surface area contributed by atoms with Crippen LogP contribution in [-0.2, 0) is 11.2 Å². The van der Waals surface area contributed by atoms with Crippen LogP contribution < -0.4 is 5.73 Å². The smallest absolute Gasteiger partial charge is 0.320 e. The molecule has 8 nitrogen and oxygen atoms in total. The van der Waals surface area contributed by atoms with Gasteiger partial charge in [-0.05, 0) is 12.1 Å². The average molecular weight is 242 g/mol. The number of carboxylic acids is 1. The van der Waals surface area contributed by atoms with Gasteiger partial charge in [-0.25, -0.2) is 0 Å². The summed E-state index contributed by atoms with van der Waals surface area (Å²) in [6.45, 7) is 0. The van der Waals surface area contributed by atoms with Crippen molar-refractivity contribution in [1.82, 2.24) is 0 Å². The van der Waals surface area contributed by atoms with E-state index in [9.17, 15) is 20.0 Å². The topological polar surface area (TPSA) is 147 Å². The number of nitrogens with two attached hydrogens (primary N) is 1. The van der Waals surface area contributed by atoms with E-state index in [1.807, 2.05) is 0 Å². The van der Waals surface area contributed by atoms with E-state index in [1.54, 1.807) is 0 Å². The Morgan fingerprint density at radius 1 is 1.47 bits per heavy atom. The minimum Gasteiger partial charge on any atom is -0.504 e. The molecule has 0 aliphatic heterocycles. The quantitative estimate of drug-likeness (QED) is 0.329. The van der Waals surface area contributed by atoms with Crippen LogP contribution in [0, 0.1) is 10.1 Å². The van der Waals surface area contributed by atoms with Crippen LogP contribution in [0.15, 0.2) is 12.1 Å². The summed E-state index contributed by atoms with van der Waals surface area (Å²) in [5, 5.41) is 37.7. The Hall–Kier alpha value is -2.35. The summed E-state index contributed by atoms with van der Waals surface area (Å²) in [7, 11) is 0. The molecular formula is C9H10N2O6. The van der Waals surface area contributed by atoms with Crippen LogP contribution in [0.3, 0.4) is 0 Å². The van der Waals surface area contributed by atoms with Crippen molar-refractivity contribution >= 4 is 11.7 Å². The molecule has 0 radical (unpaired) electrons. The Balaban J connectivity index is 3.20. The maximum Gasteiger partial charge on any atom is 0.320 e. The fraction of sp³-hybridized carbons (Fsp3) is 0.222. The largest absolute Gasteiger partial charge is 0.504 e. The molecule has 1 aromatic carbocycles. The van der Waals surface area contributed by atoms with Crippen molar-refractivity contribution in [3.63, 3.8) is 0 Å². The highest BCUT2D eigenvalue weighted by molar-refractivity contribution is 5.74. The number of nitrogens with zero attached hydrogens (tertiary/aromatic N) is 1. The molecule has 0 heterocycles. The molecule has 92 valence electrons. The third-order valence-electron chi connectivity index (χ3n) is 2.15. The second-order valence-electron chi connectivity index (χ2n) is 3.35. The van der Waals surface area contributed by atoms with Gasteiger partial charge >= 0.3 is 11.7 Å². The Kier molecular flexibility index (Phi) is 3.49. The predicted molar refractivity (Wildman–Crippen MR) is 55.7 cm³/mol. The first-order valence-corrected chi connectivity index (χ1v) is 4.51. The molecule has 1 atom stereocenters. The molecular weight excluding hydrogens is 232 g/mol. The van der Waals surface area contributed by atoms with Crippen molar-refractivity contribution in [2.45, 2.75) is 12.5 Å². The van der Waals surface area contributed by atoms with E-state index < -0.39 is 34.1 Å². The second-order valence-corrected chi connectivity index (χ2v) is 3.35. The lowest BCUT2D eigenvalue weighted by Crippen LogP contribution is -2.32. The van der Waals surface area contributed by atoms with Crippen LogP contribution in [0.5, 0.6) is 11.5 Å². The normalized spacial score (nSPS) is 12.1. The number of benzene rings is 1. The Labute approximate surface area is 95.1 Å². The summed E-state index contributed by atoms with van der Waals surface area (Å²) in [5.74, 6) is -2.86. The molecule has 0 spiro atoms. The van der Waals surface area contributed by atoms with E-state index in [-0.39, 0.29) is 12.0 Å². The van der Waals surface area contributed by atoms with Gasteiger partial charge in [0.15, 0.2) is 5.75 Å². The van der Waals surface area contributed by atoms with E-state index in [0.29, 0.717) is 0 Å². The van der Waals surface area contributed by atoms with Crippen molar-refractivity contribution in [2.75, 3.05) is 0 Å². The number of phenols is 2. The summed E-state index contributed by atoms with van der Waals surface area (Å²) in [6.07, 6.45) is -0.320. The molecule has 1 aromatic rings. The van der Waals surface area contributed by atoms with E-state index in [4.69, 9.17) is 15.9 Å². The fourth-order valence-electron chi connectivity index (χ4n) is 1.30. The molecule has 0 saturated heterocycles. The zero-order valence-corrected chi connectivity index (χ0v) is 8.53. The number of nitro groups is 1. The molecule has 1 rings (SSSR count). The number of phenolic OH excluding ortho intramolecular Hbond substituents is 2. The number of carboxylic acid groups (broad SMARTS) is 1. The maximum atomic E-state index is 10.7. The molecule has 0 aliphatic rings. The van der Waals surface area contributed by atoms with Crippen LogP contribution in [-0.4, -0.2) is 32.3 Å². The van der Waals surface area contributed by atoms with Gasteiger partial charge in [0, 0.05) is 12.0 Å². The summed E-state index contributed by atoms with van der Waals surface area (Å²) in [4.78, 5) is 20.3. The van der Waals surface area contributed by atoms with Crippen molar-refractivity contribution in [3.8, 4) is 11.5 Å². The van der Waals surface area contributed by atoms with Crippen molar-refractivity contribution in [1.29, 1.82) is 0 Å². The minimum atomic E-state index is -1.32. The first-order valence-electron chi connectivity index (χ1n) is 4.51. The number of aromatic hydroxyl groups is 2. The van der Waals surface area contributed by atoms with Crippen LogP contribution in [0.4, 0.5) is 5.69 Å². The highest BCUT2D eigenvalue weighted by atomic mass is 16.6. The van der Waals surface area contributed by atoms with Gasteiger partial charge in [-0.3, -0.25) is 14.9 Å². The number of nitro benzene ring substituents is 1. The van der Waals surface area contributed by atoms with Gasteiger partial charge in [0.25, 0.3) is 0 Å². The monoisotopic (exact) mass is 242 g/mol. The van der Waals surface area contributed by atoms with E-state index in [2.05, 4.69) is 0 Å². The van der Waals surface area contributed by atoms with Crippen LogP contribution in [0.1, 0.15) is 5.56 Å². The Morgan fingerprint density at radius 3 is 2.53 bits per heavy atom. The number of aliphatic carboxylic acids is 1. The minimum absolute atomic E-state index is 0.0554. The highest BCUT2D eigenvalue weighted by Gasteiger charge is 2.25. The van der Waals surface area contributed by atoms with Crippen LogP contribution >= 0.6 is 0 Å². The summed E-state index contributed by atoms with van der Waals surface area (Å²) in [5.41, 5.74) is 4.45. The molecule has 0 aromatic heterocycles. The maximum absolute atomic E-state index is 10.7. The lowest BCUT2D eigenvalue weighted by atomic mass is 10.0. The third kappa shape index (κ3) is 2.61. The van der Waals surface area contributed by atoms with Gasteiger partial charge in [0.2, 0.25) is 5.75 Å². The molecule has 0 saturated carbocycles. The van der Waals surface area contributed by atoms with Gasteiger partial charge in [-0.1, -0.05) is 0 Å². The average Bonchev–Trinajstić information content (AvgIpc) is 2.22. The van der Waals surface area contributed by atoms with Gasteiger partial charge in [0.1, 0.15) is 6.04 Å². The molecule has 0 aliphatic carbocycles. The van der Waals surface area contributed by atoms with E-state index in [0.717, 1.165) is 12.1 Å². The van der Waals surface area contributed by atoms with Gasteiger partial charge in [-0.15, -0.1) is 0 Å². The number of carbonyl (C=O) groups is 1. The molecule has 8 heteroatoms. The fourth-order valence-corrected chi connectivity index (χ4v) is 1.30. The van der Waals surface area contributed by atoms with Gasteiger partial charge in [-0.2, -0.15) is 0 Å². The van der Waals surface area contributed by atoms with Crippen molar-refractivity contribution < 1.29 is 25.0 Å². The van der Waals surface area contributed by atoms with E-state index >= 15 is 0 Å². The first kappa shape index (κ1) is 12.7. The molecule has 0 fully saturated rings. The molecule has 5 N–H and O–H groups in total. The lowest BCUT2D eigenvalue weighted by molar-refractivity contribution is -0.386. The summed E-state index contributed by atoms with van der Waals surface area (Å²) >= 11 is 0. The van der Waals surface area contributed by atoms with Crippen molar-refractivity contribution in [2.24, 2.45) is 5.73 Å². The number of hydrogen-bond donors (Lipinski definition) is 4. The second kappa shape index (κ2) is 4.66. The highest BCUT2D eigenvalue weighted by Crippen LogP contribution is 2.37.